The van der Waals surface area contributed by atoms with Crippen LogP contribution in [0.2, 0.25) is 0 Å². The minimum absolute atomic E-state index is 0.192. The zero-order valence-corrected chi connectivity index (χ0v) is 16.0. The number of hydrogen-bond acceptors (Lipinski definition) is 6. The van der Waals surface area contributed by atoms with Crippen LogP contribution in [0.4, 0.5) is 11.4 Å². The predicted molar refractivity (Wildman–Crippen MR) is 110 cm³/mol. The first-order chi connectivity index (χ1) is 14.2. The van der Waals surface area contributed by atoms with Crippen LogP contribution in [-0.4, -0.2) is 31.3 Å². The molecule has 0 unspecified atom stereocenters. The van der Waals surface area contributed by atoms with E-state index in [2.05, 4.69) is 21.7 Å². The highest BCUT2D eigenvalue weighted by Crippen LogP contribution is 2.34. The Balaban J connectivity index is 1.35. The molecule has 2 aromatic carbocycles. The molecule has 0 saturated carbocycles. The van der Waals surface area contributed by atoms with Gasteiger partial charge in [-0.25, -0.2) is 0 Å². The van der Waals surface area contributed by atoms with E-state index in [4.69, 9.17) is 14.2 Å². The van der Waals surface area contributed by atoms with Gasteiger partial charge in [-0.3, -0.25) is 9.78 Å². The third-order valence-electron chi connectivity index (χ3n) is 4.50. The Morgan fingerprint density at radius 2 is 1.97 bits per heavy atom. The number of carbonyl (C=O) groups excluding carboxylic acids is 1. The standard InChI is InChI=1S/C22H21N3O4/c1-27-18-4-2-3-15(11-18)7-9-23-16-8-10-24-19(12-16)22(26)25-17-5-6-20-21(13-17)29-14-28-20/h2-6,8,10-13H,7,9,14H2,1H3,(H,23,24)(H,25,26). The molecule has 2 heterocycles. The van der Waals surface area contributed by atoms with Gasteiger partial charge in [-0.2, -0.15) is 0 Å². The summed E-state index contributed by atoms with van der Waals surface area (Å²) < 4.78 is 15.9. The highest BCUT2D eigenvalue weighted by Gasteiger charge is 2.15. The Hall–Kier alpha value is -3.74. The third kappa shape index (κ3) is 4.57. The van der Waals surface area contributed by atoms with Gasteiger partial charge < -0.3 is 24.8 Å². The van der Waals surface area contributed by atoms with Gasteiger partial charge in [0.05, 0.1) is 7.11 Å². The van der Waals surface area contributed by atoms with Crippen molar-refractivity contribution in [3.63, 3.8) is 0 Å². The van der Waals surface area contributed by atoms with Gasteiger partial charge in [0, 0.05) is 30.2 Å². The number of nitrogens with one attached hydrogen (secondary N) is 2. The van der Waals surface area contributed by atoms with Crippen molar-refractivity contribution in [3.05, 3.63) is 72.1 Å². The van der Waals surface area contributed by atoms with Gasteiger partial charge in [0.2, 0.25) is 6.79 Å². The van der Waals surface area contributed by atoms with Crippen LogP contribution in [-0.2, 0) is 6.42 Å². The van der Waals surface area contributed by atoms with Crippen LogP contribution in [0.1, 0.15) is 16.1 Å². The summed E-state index contributed by atoms with van der Waals surface area (Å²) in [5.74, 6) is 1.83. The van der Waals surface area contributed by atoms with Crippen molar-refractivity contribution in [3.8, 4) is 17.2 Å². The molecule has 0 bridgehead atoms. The van der Waals surface area contributed by atoms with Crippen molar-refractivity contribution >= 4 is 17.3 Å². The Morgan fingerprint density at radius 1 is 1.07 bits per heavy atom. The van der Waals surface area contributed by atoms with Crippen LogP contribution >= 0.6 is 0 Å². The minimum Gasteiger partial charge on any atom is -0.497 e. The van der Waals surface area contributed by atoms with Crippen LogP contribution in [0.15, 0.2) is 60.8 Å². The number of anilines is 2. The molecule has 3 aromatic rings. The van der Waals surface area contributed by atoms with E-state index in [9.17, 15) is 4.79 Å². The second-order valence-electron chi connectivity index (χ2n) is 6.48. The van der Waals surface area contributed by atoms with Crippen molar-refractivity contribution in [2.75, 3.05) is 31.1 Å². The first kappa shape index (κ1) is 18.6. The number of aromatic nitrogens is 1. The summed E-state index contributed by atoms with van der Waals surface area (Å²) in [6, 6.07) is 16.8. The van der Waals surface area contributed by atoms with Gasteiger partial charge in [0.1, 0.15) is 11.4 Å². The van der Waals surface area contributed by atoms with Crippen LogP contribution in [0.5, 0.6) is 17.2 Å². The molecule has 7 heteroatoms. The molecule has 0 saturated heterocycles. The van der Waals surface area contributed by atoms with Crippen LogP contribution < -0.4 is 24.8 Å². The fourth-order valence-electron chi connectivity index (χ4n) is 3.01. The number of pyridine rings is 1. The SMILES string of the molecule is COc1cccc(CCNc2ccnc(C(=O)Nc3ccc4c(c3)OCO4)c2)c1. The van der Waals surface area contributed by atoms with Crippen molar-refractivity contribution in [2.24, 2.45) is 0 Å². The second-order valence-corrected chi connectivity index (χ2v) is 6.48. The second kappa shape index (κ2) is 8.52. The van der Waals surface area contributed by atoms with Crippen molar-refractivity contribution < 1.29 is 19.0 Å². The molecule has 0 spiro atoms. The van der Waals surface area contributed by atoms with E-state index in [0.717, 1.165) is 24.4 Å². The number of fused-ring (bicyclic) bond motifs is 1. The van der Waals surface area contributed by atoms with E-state index in [1.165, 1.54) is 5.56 Å². The molecule has 1 aliphatic rings. The molecule has 2 N–H and O–H groups in total. The van der Waals surface area contributed by atoms with Crippen molar-refractivity contribution in [1.29, 1.82) is 0 Å². The number of benzene rings is 2. The number of methoxy groups -OCH3 is 1. The van der Waals surface area contributed by atoms with E-state index < -0.39 is 0 Å². The van der Waals surface area contributed by atoms with Gasteiger partial charge in [0.15, 0.2) is 11.5 Å². The van der Waals surface area contributed by atoms with E-state index in [0.29, 0.717) is 22.9 Å². The maximum atomic E-state index is 12.5. The predicted octanol–water partition coefficient (Wildman–Crippen LogP) is 3.73. The Kier molecular flexibility index (Phi) is 5.47. The maximum absolute atomic E-state index is 12.5. The first-order valence-electron chi connectivity index (χ1n) is 9.25. The lowest BCUT2D eigenvalue weighted by atomic mass is 10.1. The monoisotopic (exact) mass is 391 g/mol. The molecule has 4 rings (SSSR count). The topological polar surface area (TPSA) is 81.7 Å². The van der Waals surface area contributed by atoms with E-state index in [1.807, 2.05) is 24.3 Å². The van der Waals surface area contributed by atoms with Crippen molar-refractivity contribution in [1.82, 2.24) is 4.98 Å². The van der Waals surface area contributed by atoms with E-state index in [1.54, 1.807) is 37.6 Å². The molecular formula is C22H21N3O4. The van der Waals surface area contributed by atoms with Gasteiger partial charge in [0.25, 0.3) is 5.91 Å². The minimum atomic E-state index is -0.291. The van der Waals surface area contributed by atoms with E-state index >= 15 is 0 Å². The summed E-state index contributed by atoms with van der Waals surface area (Å²) in [4.78, 5) is 16.7. The first-order valence-corrected chi connectivity index (χ1v) is 9.25. The summed E-state index contributed by atoms with van der Waals surface area (Å²) in [5, 5.41) is 6.16. The van der Waals surface area contributed by atoms with Gasteiger partial charge in [-0.1, -0.05) is 12.1 Å². The normalized spacial score (nSPS) is 11.8. The fraction of sp³-hybridized carbons (Fsp3) is 0.182. The molecule has 7 nitrogen and oxygen atoms in total. The number of amides is 1. The smallest absolute Gasteiger partial charge is 0.274 e. The number of rotatable bonds is 7. The molecule has 1 amide bonds. The van der Waals surface area contributed by atoms with Gasteiger partial charge >= 0.3 is 0 Å². The Labute approximate surface area is 168 Å². The van der Waals surface area contributed by atoms with Crippen molar-refractivity contribution in [2.45, 2.75) is 6.42 Å². The molecule has 1 aliphatic heterocycles. The quantitative estimate of drug-likeness (QED) is 0.639. The lowest BCUT2D eigenvalue weighted by Crippen LogP contribution is -2.14. The molecule has 0 radical (unpaired) electrons. The molecule has 0 atom stereocenters. The molecule has 0 aliphatic carbocycles. The summed E-state index contributed by atoms with van der Waals surface area (Å²) >= 11 is 0. The third-order valence-corrected chi connectivity index (χ3v) is 4.50. The van der Waals surface area contributed by atoms with E-state index in [-0.39, 0.29) is 12.7 Å². The van der Waals surface area contributed by atoms with Crippen LogP contribution in [0.3, 0.4) is 0 Å². The summed E-state index contributed by atoms with van der Waals surface area (Å²) in [6.07, 6.45) is 2.45. The number of nitrogens with zero attached hydrogens (tertiary/aromatic N) is 1. The molecule has 0 fully saturated rings. The highest BCUT2D eigenvalue weighted by molar-refractivity contribution is 6.03. The lowest BCUT2D eigenvalue weighted by Gasteiger charge is -2.09. The average Bonchev–Trinajstić information content (AvgIpc) is 3.22. The summed E-state index contributed by atoms with van der Waals surface area (Å²) in [7, 11) is 1.66. The largest absolute Gasteiger partial charge is 0.497 e. The zero-order chi connectivity index (χ0) is 20.1. The Morgan fingerprint density at radius 3 is 2.86 bits per heavy atom. The average molecular weight is 391 g/mol. The maximum Gasteiger partial charge on any atom is 0.274 e. The van der Waals surface area contributed by atoms with Crippen LogP contribution in [0.25, 0.3) is 0 Å². The van der Waals surface area contributed by atoms with Gasteiger partial charge in [-0.15, -0.1) is 0 Å². The van der Waals surface area contributed by atoms with Gasteiger partial charge in [-0.05, 0) is 48.4 Å². The lowest BCUT2D eigenvalue weighted by molar-refractivity contribution is 0.102. The summed E-state index contributed by atoms with van der Waals surface area (Å²) in [5.41, 5.74) is 2.96. The number of ether oxygens (including phenoxy) is 3. The number of hydrogen-bond donors (Lipinski definition) is 2. The molecular weight excluding hydrogens is 370 g/mol. The van der Waals surface area contributed by atoms with Crippen LogP contribution in [0, 0.1) is 0 Å². The molecule has 1 aromatic heterocycles. The highest BCUT2D eigenvalue weighted by atomic mass is 16.7. The fourth-order valence-corrected chi connectivity index (χ4v) is 3.01. The summed E-state index contributed by atoms with van der Waals surface area (Å²) in [6.45, 7) is 0.915. The number of carbonyl (C=O) groups is 1. The Bertz CT molecular complexity index is 1020. The zero-order valence-electron chi connectivity index (χ0n) is 16.0. The molecule has 148 valence electrons. The molecule has 29 heavy (non-hydrogen) atoms.